The number of hydrogen-bond acceptors (Lipinski definition) is 5. The minimum Gasteiger partial charge on any atom is -0.343 e. The molecule has 3 heterocycles. The molecule has 0 amide bonds. The topological polar surface area (TPSA) is 61.9 Å². The fraction of sp³-hybridized carbons (Fsp3) is 0.312. The average Bonchev–Trinajstić information content (AvgIpc) is 2.91. The van der Waals surface area contributed by atoms with Crippen LogP contribution in [0, 0.1) is 13.8 Å². The van der Waals surface area contributed by atoms with Crippen molar-refractivity contribution in [1.29, 1.82) is 0 Å². The van der Waals surface area contributed by atoms with Crippen molar-refractivity contribution in [3.8, 4) is 0 Å². The van der Waals surface area contributed by atoms with Gasteiger partial charge in [-0.1, -0.05) is 17.4 Å². The zero-order valence-corrected chi connectivity index (χ0v) is 13.3. The number of nitrogens with zero attached hydrogens (tertiary/aromatic N) is 3. The molecule has 3 aromatic rings. The molecule has 4 rings (SSSR count). The zero-order chi connectivity index (χ0) is 15.3. The van der Waals surface area contributed by atoms with Crippen LogP contribution in [-0.4, -0.2) is 21.5 Å². The Morgan fingerprint density at radius 3 is 3.05 bits per heavy atom. The van der Waals surface area contributed by atoms with Crippen molar-refractivity contribution in [2.24, 2.45) is 0 Å². The van der Waals surface area contributed by atoms with Gasteiger partial charge in [-0.25, -0.2) is 9.97 Å². The van der Waals surface area contributed by atoms with Crippen LogP contribution in [0.2, 0.25) is 0 Å². The number of aryl methyl sites for hydroxylation is 2. The third-order valence-electron chi connectivity index (χ3n) is 4.10. The average molecular weight is 312 g/mol. The number of anilines is 1. The van der Waals surface area contributed by atoms with Gasteiger partial charge in [-0.2, -0.15) is 0 Å². The van der Waals surface area contributed by atoms with Crippen molar-refractivity contribution in [2.75, 3.05) is 11.4 Å². The van der Waals surface area contributed by atoms with E-state index in [1.807, 2.05) is 0 Å². The zero-order valence-electron chi connectivity index (χ0n) is 12.5. The first-order chi connectivity index (χ1) is 10.6. The Kier molecular flexibility index (Phi) is 3.00. The van der Waals surface area contributed by atoms with E-state index in [2.05, 4.69) is 40.8 Å². The monoisotopic (exact) mass is 312 g/mol. The van der Waals surface area contributed by atoms with Crippen LogP contribution in [0.15, 0.2) is 23.3 Å². The molecule has 2 aromatic heterocycles. The maximum absolute atomic E-state index is 12.0. The van der Waals surface area contributed by atoms with Crippen LogP contribution in [0.25, 0.3) is 10.2 Å². The van der Waals surface area contributed by atoms with Gasteiger partial charge in [-0.05, 0) is 31.0 Å². The number of thiazole rings is 1. The molecule has 0 bridgehead atoms. The Morgan fingerprint density at radius 2 is 2.18 bits per heavy atom. The molecule has 0 saturated carbocycles. The number of aromatic nitrogens is 3. The molecule has 5 nitrogen and oxygen atoms in total. The van der Waals surface area contributed by atoms with Gasteiger partial charge in [0.25, 0.3) is 5.56 Å². The van der Waals surface area contributed by atoms with Gasteiger partial charge in [-0.3, -0.25) is 4.79 Å². The number of rotatable bonds is 1. The van der Waals surface area contributed by atoms with E-state index in [1.54, 1.807) is 11.3 Å². The summed E-state index contributed by atoms with van der Waals surface area (Å²) in [6, 6.07) is 4.34. The highest BCUT2D eigenvalue weighted by molar-refractivity contribution is 7.22. The molecule has 1 aliphatic rings. The second-order valence-electron chi connectivity index (χ2n) is 5.75. The Hall–Kier alpha value is -2.21. The van der Waals surface area contributed by atoms with Crippen LogP contribution in [-0.2, 0) is 13.0 Å². The summed E-state index contributed by atoms with van der Waals surface area (Å²) in [5, 5.41) is 0.984. The van der Waals surface area contributed by atoms with Crippen molar-refractivity contribution in [3.05, 3.63) is 51.2 Å². The first-order valence-corrected chi connectivity index (χ1v) is 8.11. The van der Waals surface area contributed by atoms with E-state index in [0.29, 0.717) is 6.54 Å². The summed E-state index contributed by atoms with van der Waals surface area (Å²) in [7, 11) is 0. The lowest BCUT2D eigenvalue weighted by Gasteiger charge is -2.26. The maximum atomic E-state index is 12.0. The molecular weight excluding hydrogens is 296 g/mol. The number of hydrogen-bond donors (Lipinski definition) is 1. The van der Waals surface area contributed by atoms with E-state index in [0.717, 1.165) is 34.9 Å². The lowest BCUT2D eigenvalue weighted by Crippen LogP contribution is -2.35. The van der Waals surface area contributed by atoms with Crippen molar-refractivity contribution in [2.45, 2.75) is 26.8 Å². The molecule has 22 heavy (non-hydrogen) atoms. The SMILES string of the molecule is Cc1cc(C)c2nc(N3CCc4nc[nH]c(=O)c4C3)sc2c1. The smallest absolute Gasteiger partial charge is 0.255 e. The predicted octanol–water partition coefficient (Wildman–Crippen LogP) is 2.56. The van der Waals surface area contributed by atoms with Gasteiger partial charge in [-0.15, -0.1) is 0 Å². The molecule has 1 aromatic carbocycles. The second-order valence-corrected chi connectivity index (χ2v) is 6.76. The van der Waals surface area contributed by atoms with Crippen LogP contribution in [0.1, 0.15) is 22.4 Å². The number of nitrogens with one attached hydrogen (secondary N) is 1. The first-order valence-electron chi connectivity index (χ1n) is 7.30. The number of aromatic amines is 1. The van der Waals surface area contributed by atoms with Gasteiger partial charge in [0.1, 0.15) is 0 Å². The molecule has 0 unspecified atom stereocenters. The summed E-state index contributed by atoms with van der Waals surface area (Å²) in [6.45, 7) is 5.63. The largest absolute Gasteiger partial charge is 0.343 e. The molecule has 1 aliphatic heterocycles. The molecule has 0 spiro atoms. The second kappa shape index (κ2) is 4.91. The number of benzene rings is 1. The fourth-order valence-electron chi connectivity index (χ4n) is 3.01. The third kappa shape index (κ3) is 2.11. The molecule has 0 fully saturated rings. The van der Waals surface area contributed by atoms with Crippen LogP contribution >= 0.6 is 11.3 Å². The number of fused-ring (bicyclic) bond motifs is 2. The Labute approximate surface area is 131 Å². The third-order valence-corrected chi connectivity index (χ3v) is 5.16. The van der Waals surface area contributed by atoms with Crippen LogP contribution in [0.5, 0.6) is 0 Å². The summed E-state index contributed by atoms with van der Waals surface area (Å²) < 4.78 is 1.21. The van der Waals surface area contributed by atoms with E-state index in [-0.39, 0.29) is 5.56 Å². The van der Waals surface area contributed by atoms with Crippen molar-refractivity contribution in [3.63, 3.8) is 0 Å². The highest BCUT2D eigenvalue weighted by Crippen LogP contribution is 2.33. The van der Waals surface area contributed by atoms with Gasteiger partial charge in [0, 0.05) is 13.0 Å². The Morgan fingerprint density at radius 1 is 1.32 bits per heavy atom. The molecule has 0 radical (unpaired) electrons. The van der Waals surface area contributed by atoms with Crippen molar-refractivity contribution >= 4 is 26.7 Å². The summed E-state index contributed by atoms with van der Waals surface area (Å²) in [4.78, 5) is 25.9. The van der Waals surface area contributed by atoms with Crippen molar-refractivity contribution in [1.82, 2.24) is 15.0 Å². The Bertz CT molecular complexity index is 928. The predicted molar refractivity (Wildman–Crippen MR) is 88.7 cm³/mol. The normalized spacial score (nSPS) is 14.4. The maximum Gasteiger partial charge on any atom is 0.255 e. The highest BCUT2D eigenvalue weighted by Gasteiger charge is 2.22. The lowest BCUT2D eigenvalue weighted by atomic mass is 10.1. The van der Waals surface area contributed by atoms with Crippen molar-refractivity contribution < 1.29 is 0 Å². The summed E-state index contributed by atoms with van der Waals surface area (Å²) >= 11 is 1.69. The van der Waals surface area contributed by atoms with E-state index >= 15 is 0 Å². The molecule has 112 valence electrons. The van der Waals surface area contributed by atoms with E-state index < -0.39 is 0 Å². The minimum atomic E-state index is -0.0390. The lowest BCUT2D eigenvalue weighted by molar-refractivity contribution is 0.696. The Balaban J connectivity index is 1.76. The molecule has 0 atom stereocenters. The van der Waals surface area contributed by atoms with Crippen LogP contribution < -0.4 is 10.5 Å². The summed E-state index contributed by atoms with van der Waals surface area (Å²) in [5.74, 6) is 0. The quantitative estimate of drug-likeness (QED) is 0.750. The number of H-pyrrole nitrogens is 1. The summed E-state index contributed by atoms with van der Waals surface area (Å²) in [6.07, 6.45) is 2.27. The first kappa shape index (κ1) is 13.5. The standard InChI is InChI=1S/C16H16N4OS/c1-9-5-10(2)14-13(6-9)22-16(19-14)20-4-3-12-11(7-20)15(21)18-8-17-12/h5-6,8H,3-4,7H2,1-2H3,(H,17,18,21). The molecule has 1 N–H and O–H groups in total. The van der Waals surface area contributed by atoms with E-state index in [4.69, 9.17) is 4.98 Å². The highest BCUT2D eigenvalue weighted by atomic mass is 32.1. The molecule has 6 heteroatoms. The van der Waals surface area contributed by atoms with E-state index in [1.165, 1.54) is 22.2 Å². The van der Waals surface area contributed by atoms with Gasteiger partial charge < -0.3 is 9.88 Å². The fourth-order valence-corrected chi connectivity index (χ4v) is 4.18. The summed E-state index contributed by atoms with van der Waals surface area (Å²) in [5.41, 5.74) is 5.16. The minimum absolute atomic E-state index is 0.0390. The molecule has 0 aliphatic carbocycles. The molecular formula is C16H16N4OS. The van der Waals surface area contributed by atoms with Gasteiger partial charge in [0.05, 0.1) is 34.3 Å². The van der Waals surface area contributed by atoms with Gasteiger partial charge in [0.15, 0.2) is 5.13 Å². The van der Waals surface area contributed by atoms with Crippen LogP contribution in [0.4, 0.5) is 5.13 Å². The van der Waals surface area contributed by atoms with E-state index in [9.17, 15) is 4.79 Å². The van der Waals surface area contributed by atoms with Gasteiger partial charge >= 0.3 is 0 Å². The molecule has 0 saturated heterocycles. The van der Waals surface area contributed by atoms with Gasteiger partial charge in [0.2, 0.25) is 0 Å². The van der Waals surface area contributed by atoms with Crippen LogP contribution in [0.3, 0.4) is 0 Å².